The molecule has 0 saturated carbocycles. The molecule has 0 aliphatic rings. The first kappa shape index (κ1) is 13.6. The van der Waals surface area contributed by atoms with Gasteiger partial charge in [0.1, 0.15) is 5.75 Å². The highest BCUT2D eigenvalue weighted by molar-refractivity contribution is 5.35. The topological polar surface area (TPSA) is 21.3 Å². The van der Waals surface area contributed by atoms with Crippen LogP contribution >= 0.6 is 0 Å². The standard InChI is InChI=1S/C17H21NO/c1-3-13-18-17(14-7-5-4-6-8-14)15-9-11-16(19-2)12-10-15/h4-12,17-18H,3,13H2,1-2H3. The minimum absolute atomic E-state index is 0.243. The molecule has 0 aromatic heterocycles. The largest absolute Gasteiger partial charge is 0.497 e. The van der Waals surface area contributed by atoms with Crippen LogP contribution < -0.4 is 10.1 Å². The second kappa shape index (κ2) is 6.95. The van der Waals surface area contributed by atoms with Crippen molar-refractivity contribution >= 4 is 0 Å². The van der Waals surface area contributed by atoms with Gasteiger partial charge in [0.2, 0.25) is 0 Å². The van der Waals surface area contributed by atoms with Crippen LogP contribution in [0.25, 0.3) is 0 Å². The summed E-state index contributed by atoms with van der Waals surface area (Å²) in [6.45, 7) is 3.19. The Balaban J connectivity index is 2.26. The molecule has 2 heteroatoms. The maximum Gasteiger partial charge on any atom is 0.118 e. The van der Waals surface area contributed by atoms with Crippen molar-refractivity contribution in [2.75, 3.05) is 13.7 Å². The third-order valence-electron chi connectivity index (χ3n) is 3.18. The molecule has 2 aromatic rings. The van der Waals surface area contributed by atoms with Crippen molar-refractivity contribution in [3.05, 3.63) is 65.7 Å². The molecule has 0 saturated heterocycles. The molecule has 2 nitrogen and oxygen atoms in total. The molecule has 2 aromatic carbocycles. The van der Waals surface area contributed by atoms with Crippen molar-refractivity contribution in [1.29, 1.82) is 0 Å². The van der Waals surface area contributed by atoms with Crippen LogP contribution in [0.15, 0.2) is 54.6 Å². The first-order chi connectivity index (χ1) is 9.35. The smallest absolute Gasteiger partial charge is 0.118 e. The van der Waals surface area contributed by atoms with Gasteiger partial charge < -0.3 is 10.1 Å². The molecule has 0 spiro atoms. The Morgan fingerprint density at radius 3 is 2.16 bits per heavy atom. The Labute approximate surface area is 115 Å². The normalized spacial score (nSPS) is 12.1. The van der Waals surface area contributed by atoms with E-state index in [0.29, 0.717) is 0 Å². The maximum atomic E-state index is 5.22. The second-order valence-corrected chi connectivity index (χ2v) is 4.57. The number of hydrogen-bond acceptors (Lipinski definition) is 2. The number of hydrogen-bond donors (Lipinski definition) is 1. The summed E-state index contributed by atoms with van der Waals surface area (Å²) in [4.78, 5) is 0. The highest BCUT2D eigenvalue weighted by atomic mass is 16.5. The molecule has 0 radical (unpaired) electrons. The minimum atomic E-state index is 0.243. The summed E-state index contributed by atoms with van der Waals surface area (Å²) < 4.78 is 5.22. The highest BCUT2D eigenvalue weighted by Crippen LogP contribution is 2.23. The van der Waals surface area contributed by atoms with Crippen molar-refractivity contribution in [2.45, 2.75) is 19.4 Å². The Hall–Kier alpha value is -1.80. The third-order valence-corrected chi connectivity index (χ3v) is 3.18. The van der Waals surface area contributed by atoms with Gasteiger partial charge in [0.25, 0.3) is 0 Å². The van der Waals surface area contributed by atoms with Crippen molar-refractivity contribution in [3.8, 4) is 5.75 Å². The fraction of sp³-hybridized carbons (Fsp3) is 0.294. The second-order valence-electron chi connectivity index (χ2n) is 4.57. The lowest BCUT2D eigenvalue weighted by molar-refractivity contribution is 0.414. The third kappa shape index (κ3) is 3.58. The van der Waals surface area contributed by atoms with Gasteiger partial charge in [-0.25, -0.2) is 0 Å². The van der Waals surface area contributed by atoms with E-state index in [-0.39, 0.29) is 6.04 Å². The van der Waals surface area contributed by atoms with E-state index in [4.69, 9.17) is 4.74 Å². The predicted octanol–water partition coefficient (Wildman–Crippen LogP) is 3.78. The van der Waals surface area contributed by atoms with Gasteiger partial charge in [-0.3, -0.25) is 0 Å². The van der Waals surface area contributed by atoms with Gasteiger partial charge in [-0.05, 0) is 36.2 Å². The van der Waals surface area contributed by atoms with Gasteiger partial charge in [0, 0.05) is 0 Å². The van der Waals surface area contributed by atoms with Gasteiger partial charge >= 0.3 is 0 Å². The Kier molecular flexibility index (Phi) is 4.99. The zero-order valence-electron chi connectivity index (χ0n) is 11.6. The molecule has 0 heterocycles. The lowest BCUT2D eigenvalue weighted by atomic mass is 9.98. The van der Waals surface area contributed by atoms with E-state index in [1.165, 1.54) is 11.1 Å². The van der Waals surface area contributed by atoms with Crippen LogP contribution in [0.1, 0.15) is 30.5 Å². The molecule has 100 valence electrons. The lowest BCUT2D eigenvalue weighted by Crippen LogP contribution is -2.23. The van der Waals surface area contributed by atoms with Gasteiger partial charge in [0.05, 0.1) is 13.2 Å². The molecule has 0 fully saturated rings. The maximum absolute atomic E-state index is 5.22. The van der Waals surface area contributed by atoms with Gasteiger partial charge in [-0.15, -0.1) is 0 Å². The van der Waals surface area contributed by atoms with E-state index in [1.807, 2.05) is 12.1 Å². The van der Waals surface area contributed by atoms with Crippen molar-refractivity contribution in [1.82, 2.24) is 5.32 Å². The van der Waals surface area contributed by atoms with E-state index in [1.54, 1.807) is 7.11 Å². The van der Waals surface area contributed by atoms with E-state index >= 15 is 0 Å². The van der Waals surface area contributed by atoms with Gasteiger partial charge in [0.15, 0.2) is 0 Å². The van der Waals surface area contributed by atoms with Crippen LogP contribution in [-0.4, -0.2) is 13.7 Å². The average molecular weight is 255 g/mol. The van der Waals surface area contributed by atoms with Crippen molar-refractivity contribution < 1.29 is 4.74 Å². The summed E-state index contributed by atoms with van der Waals surface area (Å²) in [6.07, 6.45) is 1.12. The summed E-state index contributed by atoms with van der Waals surface area (Å²) in [5.41, 5.74) is 2.56. The average Bonchev–Trinajstić information content (AvgIpc) is 2.49. The molecule has 1 unspecified atom stereocenters. The first-order valence-electron chi connectivity index (χ1n) is 6.77. The fourth-order valence-electron chi connectivity index (χ4n) is 2.16. The zero-order chi connectivity index (χ0) is 13.5. The number of methoxy groups -OCH3 is 1. The molecular weight excluding hydrogens is 234 g/mol. The summed E-state index contributed by atoms with van der Waals surface area (Å²) in [5, 5.41) is 3.60. The summed E-state index contributed by atoms with van der Waals surface area (Å²) in [5.74, 6) is 0.894. The van der Waals surface area contributed by atoms with E-state index in [9.17, 15) is 0 Å². The predicted molar refractivity (Wildman–Crippen MR) is 79.6 cm³/mol. The Morgan fingerprint density at radius 1 is 0.947 bits per heavy atom. The SMILES string of the molecule is CCCNC(c1ccccc1)c1ccc(OC)cc1. The van der Waals surface area contributed by atoms with Crippen LogP contribution in [-0.2, 0) is 0 Å². The fourth-order valence-corrected chi connectivity index (χ4v) is 2.16. The van der Waals surface area contributed by atoms with E-state index in [0.717, 1.165) is 18.7 Å². The number of nitrogens with one attached hydrogen (secondary N) is 1. The van der Waals surface area contributed by atoms with Gasteiger partial charge in [-0.2, -0.15) is 0 Å². The number of ether oxygens (including phenoxy) is 1. The van der Waals surface area contributed by atoms with Crippen LogP contribution in [0.3, 0.4) is 0 Å². The van der Waals surface area contributed by atoms with Crippen LogP contribution in [0.4, 0.5) is 0 Å². The summed E-state index contributed by atoms with van der Waals surface area (Å²) in [7, 11) is 1.69. The highest BCUT2D eigenvalue weighted by Gasteiger charge is 2.12. The molecule has 2 rings (SSSR count). The molecule has 0 aliphatic heterocycles. The number of rotatable bonds is 6. The minimum Gasteiger partial charge on any atom is -0.497 e. The Bertz CT molecular complexity index is 478. The van der Waals surface area contributed by atoms with Gasteiger partial charge in [-0.1, -0.05) is 49.4 Å². The molecule has 1 N–H and O–H groups in total. The Morgan fingerprint density at radius 2 is 1.58 bits per heavy atom. The van der Waals surface area contributed by atoms with Crippen LogP contribution in [0.2, 0.25) is 0 Å². The molecule has 1 atom stereocenters. The molecule has 0 bridgehead atoms. The molecular formula is C17H21NO. The van der Waals surface area contributed by atoms with E-state index in [2.05, 4.69) is 54.7 Å². The number of benzene rings is 2. The lowest BCUT2D eigenvalue weighted by Gasteiger charge is -2.19. The van der Waals surface area contributed by atoms with Crippen molar-refractivity contribution in [2.24, 2.45) is 0 Å². The van der Waals surface area contributed by atoms with E-state index < -0.39 is 0 Å². The first-order valence-corrected chi connectivity index (χ1v) is 6.77. The van der Waals surface area contributed by atoms with Crippen molar-refractivity contribution in [3.63, 3.8) is 0 Å². The summed E-state index contributed by atoms with van der Waals surface area (Å²) >= 11 is 0. The molecule has 0 aliphatic carbocycles. The monoisotopic (exact) mass is 255 g/mol. The molecule has 19 heavy (non-hydrogen) atoms. The summed E-state index contributed by atoms with van der Waals surface area (Å²) in [6, 6.07) is 19.1. The van der Waals surface area contributed by atoms with Crippen LogP contribution in [0.5, 0.6) is 5.75 Å². The molecule has 0 amide bonds. The zero-order valence-corrected chi connectivity index (χ0v) is 11.6. The van der Waals surface area contributed by atoms with Crippen LogP contribution in [0, 0.1) is 0 Å². The quantitative estimate of drug-likeness (QED) is 0.848.